The van der Waals surface area contributed by atoms with Gasteiger partial charge in [0.25, 0.3) is 0 Å². The molecular formula is C13H20N2O2S2. The van der Waals surface area contributed by atoms with E-state index in [4.69, 9.17) is 4.98 Å². The molecule has 0 bridgehead atoms. The van der Waals surface area contributed by atoms with Crippen LogP contribution in [0.1, 0.15) is 46.7 Å². The number of nitrogens with zero attached hydrogens (tertiary/aromatic N) is 1. The van der Waals surface area contributed by atoms with Gasteiger partial charge in [-0.25, -0.2) is 13.4 Å². The van der Waals surface area contributed by atoms with Gasteiger partial charge in [0.2, 0.25) is 0 Å². The largest absolute Gasteiger partial charge is 0.319 e. The standard InChI is InChI=1S/C13H20N2O2S2/c1-14-7-9-3-2-4-11-12(9)15-13(18-11)10-5-6-19(16,17)8-10/h9-10,14H,2-8H2,1H3. The highest BCUT2D eigenvalue weighted by atomic mass is 32.2. The fraction of sp³-hybridized carbons (Fsp3) is 0.769. The lowest BCUT2D eigenvalue weighted by molar-refractivity contribution is 0.521. The summed E-state index contributed by atoms with van der Waals surface area (Å²) in [6.45, 7) is 0.971. The third-order valence-corrected chi connectivity index (χ3v) is 7.18. The van der Waals surface area contributed by atoms with Crippen LogP contribution >= 0.6 is 11.3 Å². The van der Waals surface area contributed by atoms with Gasteiger partial charge in [-0.15, -0.1) is 11.3 Å². The molecule has 2 aliphatic rings. The van der Waals surface area contributed by atoms with Crippen molar-refractivity contribution in [1.82, 2.24) is 10.3 Å². The van der Waals surface area contributed by atoms with Gasteiger partial charge in [0.1, 0.15) is 0 Å². The van der Waals surface area contributed by atoms with E-state index < -0.39 is 9.84 Å². The molecular weight excluding hydrogens is 280 g/mol. The fourth-order valence-electron chi connectivity index (χ4n) is 3.14. The third kappa shape index (κ3) is 2.71. The first-order chi connectivity index (χ1) is 9.09. The van der Waals surface area contributed by atoms with Crippen molar-refractivity contribution in [2.45, 2.75) is 37.5 Å². The maximum Gasteiger partial charge on any atom is 0.151 e. The number of rotatable bonds is 3. The van der Waals surface area contributed by atoms with E-state index in [1.807, 2.05) is 7.05 Å². The van der Waals surface area contributed by atoms with Gasteiger partial charge in [-0.05, 0) is 32.7 Å². The number of sulfone groups is 1. The van der Waals surface area contributed by atoms with Crippen molar-refractivity contribution < 1.29 is 8.42 Å². The molecule has 1 aliphatic carbocycles. The van der Waals surface area contributed by atoms with Gasteiger partial charge in [0.15, 0.2) is 9.84 Å². The number of fused-ring (bicyclic) bond motifs is 1. The number of aryl methyl sites for hydroxylation is 1. The molecule has 1 aliphatic heterocycles. The van der Waals surface area contributed by atoms with Crippen LogP contribution in [-0.2, 0) is 16.3 Å². The summed E-state index contributed by atoms with van der Waals surface area (Å²) in [5.74, 6) is 1.30. The molecule has 0 saturated carbocycles. The van der Waals surface area contributed by atoms with Gasteiger partial charge >= 0.3 is 0 Å². The van der Waals surface area contributed by atoms with E-state index in [0.717, 1.165) is 24.4 Å². The summed E-state index contributed by atoms with van der Waals surface area (Å²) in [5, 5.41) is 4.30. The summed E-state index contributed by atoms with van der Waals surface area (Å²) in [7, 11) is -0.837. The molecule has 0 radical (unpaired) electrons. The van der Waals surface area contributed by atoms with Crippen LogP contribution in [0.5, 0.6) is 0 Å². The first-order valence-electron chi connectivity index (χ1n) is 6.93. The Bertz CT molecular complexity index is 565. The lowest BCUT2D eigenvalue weighted by Gasteiger charge is -2.20. The molecule has 1 aromatic heterocycles. The Balaban J connectivity index is 1.86. The van der Waals surface area contributed by atoms with E-state index in [1.54, 1.807) is 11.3 Å². The van der Waals surface area contributed by atoms with Crippen LogP contribution in [0.3, 0.4) is 0 Å². The third-order valence-electron chi connectivity index (χ3n) is 4.12. The van der Waals surface area contributed by atoms with E-state index in [-0.39, 0.29) is 5.92 Å². The predicted molar refractivity (Wildman–Crippen MR) is 77.7 cm³/mol. The maximum absolute atomic E-state index is 11.6. The minimum atomic E-state index is -2.81. The average Bonchev–Trinajstić information content (AvgIpc) is 2.93. The molecule has 0 aromatic carbocycles. The van der Waals surface area contributed by atoms with Gasteiger partial charge in [-0.3, -0.25) is 0 Å². The van der Waals surface area contributed by atoms with E-state index in [1.165, 1.54) is 23.4 Å². The lowest BCUT2D eigenvalue weighted by Crippen LogP contribution is -2.21. The van der Waals surface area contributed by atoms with E-state index in [0.29, 0.717) is 17.4 Å². The van der Waals surface area contributed by atoms with Crippen LogP contribution in [0.2, 0.25) is 0 Å². The van der Waals surface area contributed by atoms with Crippen molar-refractivity contribution in [3.8, 4) is 0 Å². The van der Waals surface area contributed by atoms with Crippen LogP contribution in [0.15, 0.2) is 0 Å². The molecule has 0 amide bonds. The number of nitrogens with one attached hydrogen (secondary N) is 1. The molecule has 2 atom stereocenters. The topological polar surface area (TPSA) is 59.1 Å². The summed E-state index contributed by atoms with van der Waals surface area (Å²) >= 11 is 1.76. The number of hydrogen-bond acceptors (Lipinski definition) is 5. The summed E-state index contributed by atoms with van der Waals surface area (Å²) in [6, 6.07) is 0. The Morgan fingerprint density at radius 2 is 2.26 bits per heavy atom. The van der Waals surface area contributed by atoms with Crippen molar-refractivity contribution >= 4 is 21.2 Å². The highest BCUT2D eigenvalue weighted by molar-refractivity contribution is 7.91. The first kappa shape index (κ1) is 13.5. The maximum atomic E-state index is 11.6. The second-order valence-electron chi connectivity index (χ2n) is 5.61. The molecule has 1 saturated heterocycles. The molecule has 2 unspecified atom stereocenters. The van der Waals surface area contributed by atoms with Gasteiger partial charge in [-0.2, -0.15) is 0 Å². The van der Waals surface area contributed by atoms with Gasteiger partial charge < -0.3 is 5.32 Å². The Labute approximate surface area is 118 Å². The summed E-state index contributed by atoms with van der Waals surface area (Å²) in [6.07, 6.45) is 4.29. The monoisotopic (exact) mass is 300 g/mol. The van der Waals surface area contributed by atoms with Crippen molar-refractivity contribution in [2.75, 3.05) is 25.1 Å². The second kappa shape index (κ2) is 5.14. The Morgan fingerprint density at radius 1 is 1.42 bits per heavy atom. The van der Waals surface area contributed by atoms with Gasteiger partial charge in [0.05, 0.1) is 22.2 Å². The highest BCUT2D eigenvalue weighted by Crippen LogP contribution is 2.39. The molecule has 2 heterocycles. The SMILES string of the molecule is CNCC1CCCc2sc(C3CCS(=O)(=O)C3)nc21. The predicted octanol–water partition coefficient (Wildman–Crippen LogP) is 1.68. The number of thiazole rings is 1. The zero-order valence-electron chi connectivity index (χ0n) is 11.2. The Hall–Kier alpha value is -0.460. The smallest absolute Gasteiger partial charge is 0.151 e. The minimum absolute atomic E-state index is 0.149. The molecule has 1 fully saturated rings. The van der Waals surface area contributed by atoms with Crippen LogP contribution in [0.4, 0.5) is 0 Å². The fourth-order valence-corrected chi connectivity index (χ4v) is 6.32. The normalized spacial score (nSPS) is 29.3. The van der Waals surface area contributed by atoms with Gasteiger partial charge in [-0.1, -0.05) is 0 Å². The van der Waals surface area contributed by atoms with Crippen LogP contribution in [-0.4, -0.2) is 38.5 Å². The first-order valence-corrected chi connectivity index (χ1v) is 9.57. The zero-order chi connectivity index (χ0) is 13.5. The van der Waals surface area contributed by atoms with Crippen molar-refractivity contribution in [3.63, 3.8) is 0 Å². The second-order valence-corrected chi connectivity index (χ2v) is 8.95. The zero-order valence-corrected chi connectivity index (χ0v) is 12.8. The molecule has 1 aromatic rings. The Morgan fingerprint density at radius 3 is 2.95 bits per heavy atom. The molecule has 106 valence electrons. The molecule has 19 heavy (non-hydrogen) atoms. The summed E-state index contributed by atoms with van der Waals surface area (Å²) < 4.78 is 23.2. The van der Waals surface area contributed by atoms with Crippen LogP contribution in [0, 0.1) is 0 Å². The lowest BCUT2D eigenvalue weighted by atomic mass is 9.91. The minimum Gasteiger partial charge on any atom is -0.319 e. The molecule has 1 N–H and O–H groups in total. The Kier molecular flexibility index (Phi) is 3.66. The van der Waals surface area contributed by atoms with E-state index >= 15 is 0 Å². The molecule has 6 heteroatoms. The van der Waals surface area contributed by atoms with E-state index in [9.17, 15) is 8.42 Å². The molecule has 3 rings (SSSR count). The van der Waals surface area contributed by atoms with Crippen molar-refractivity contribution in [1.29, 1.82) is 0 Å². The molecule has 0 spiro atoms. The van der Waals surface area contributed by atoms with Crippen LogP contribution in [0.25, 0.3) is 0 Å². The van der Waals surface area contributed by atoms with E-state index in [2.05, 4.69) is 5.32 Å². The number of hydrogen-bond donors (Lipinski definition) is 1. The van der Waals surface area contributed by atoms with Gasteiger partial charge in [0, 0.05) is 23.3 Å². The number of likely N-dealkylation sites (N-methyl/N-ethyl adjacent to an activating group) is 1. The average molecular weight is 300 g/mol. The number of aromatic nitrogens is 1. The summed E-state index contributed by atoms with van der Waals surface area (Å²) in [4.78, 5) is 6.21. The van der Waals surface area contributed by atoms with Crippen molar-refractivity contribution in [2.24, 2.45) is 0 Å². The quantitative estimate of drug-likeness (QED) is 0.923. The van der Waals surface area contributed by atoms with Crippen molar-refractivity contribution in [3.05, 3.63) is 15.6 Å². The van der Waals surface area contributed by atoms with Crippen LogP contribution < -0.4 is 5.32 Å². The summed E-state index contributed by atoms with van der Waals surface area (Å²) in [5.41, 5.74) is 1.24. The molecule has 4 nitrogen and oxygen atoms in total. The highest BCUT2D eigenvalue weighted by Gasteiger charge is 2.33.